The maximum absolute atomic E-state index is 13.4. The Bertz CT molecular complexity index is 1090. The van der Waals surface area contributed by atoms with Gasteiger partial charge in [-0.1, -0.05) is 42.8 Å². The molecule has 3 nitrogen and oxygen atoms in total. The van der Waals surface area contributed by atoms with Gasteiger partial charge in [-0.3, -0.25) is 0 Å². The lowest BCUT2D eigenvalue weighted by Crippen LogP contribution is -2.39. The number of fused-ring (bicyclic) bond motifs is 2. The number of nitrogens with zero attached hydrogens (tertiary/aromatic N) is 2. The maximum atomic E-state index is 13.4. The second-order valence-corrected chi connectivity index (χ2v) is 9.38. The van der Waals surface area contributed by atoms with Crippen molar-refractivity contribution >= 4 is 6.08 Å². The van der Waals surface area contributed by atoms with Gasteiger partial charge >= 0.3 is 0 Å². The quantitative estimate of drug-likeness (QED) is 0.575. The van der Waals surface area contributed by atoms with Crippen LogP contribution in [0.1, 0.15) is 49.4 Å². The molecule has 31 heavy (non-hydrogen) atoms. The molecule has 160 valence electrons. The first-order valence-electron chi connectivity index (χ1n) is 11.3. The third kappa shape index (κ3) is 3.85. The van der Waals surface area contributed by atoms with Gasteiger partial charge in [0.05, 0.1) is 23.7 Å². The van der Waals surface area contributed by atoms with Crippen LogP contribution in [0.5, 0.6) is 0 Å². The van der Waals surface area contributed by atoms with Gasteiger partial charge in [0.2, 0.25) is 0 Å². The normalized spacial score (nSPS) is 23.6. The molecule has 5 rings (SSSR count). The molecule has 0 spiro atoms. The highest BCUT2D eigenvalue weighted by atomic mass is 19.1. The van der Waals surface area contributed by atoms with Crippen molar-refractivity contribution in [2.45, 2.75) is 51.6 Å². The summed E-state index contributed by atoms with van der Waals surface area (Å²) in [5.41, 5.74) is 5.95. The molecule has 3 atom stereocenters. The minimum Gasteiger partial charge on any atom is -0.393 e. The number of hydrogen-bond acceptors (Lipinski definition) is 2. The highest BCUT2D eigenvalue weighted by molar-refractivity contribution is 5.61. The van der Waals surface area contributed by atoms with E-state index in [0.29, 0.717) is 12.3 Å². The number of allylic oxidation sites excluding steroid dienone is 1. The average molecular weight is 417 g/mol. The van der Waals surface area contributed by atoms with Crippen molar-refractivity contribution in [1.82, 2.24) is 9.78 Å². The minimum absolute atomic E-state index is 0.0551. The predicted molar refractivity (Wildman–Crippen MR) is 121 cm³/mol. The van der Waals surface area contributed by atoms with Crippen molar-refractivity contribution in [3.8, 4) is 5.69 Å². The molecule has 0 aliphatic heterocycles. The predicted octanol–water partition coefficient (Wildman–Crippen LogP) is 5.75. The fraction of sp³-hybridized carbons (Fsp3) is 0.370. The Morgan fingerprint density at radius 3 is 2.71 bits per heavy atom. The molecule has 3 aromatic rings. The monoisotopic (exact) mass is 416 g/mol. The SMILES string of the molecule is C[C@]12Cc3cnn(-c4ccc(F)cc4)c3C=C1CCC[C@@H]2C[C@@H](O)Cc1ccccc1. The lowest BCUT2D eigenvalue weighted by molar-refractivity contribution is 0.0835. The Morgan fingerprint density at radius 2 is 1.94 bits per heavy atom. The lowest BCUT2D eigenvalue weighted by Gasteiger charge is -2.46. The first kappa shape index (κ1) is 20.2. The van der Waals surface area contributed by atoms with E-state index in [9.17, 15) is 9.50 Å². The van der Waals surface area contributed by atoms with E-state index in [0.717, 1.165) is 43.5 Å². The molecular weight excluding hydrogens is 387 g/mol. The molecule has 0 unspecified atom stereocenters. The van der Waals surface area contributed by atoms with Crippen LogP contribution in [-0.4, -0.2) is 21.0 Å². The molecule has 0 bridgehead atoms. The highest BCUT2D eigenvalue weighted by Gasteiger charge is 2.43. The zero-order valence-electron chi connectivity index (χ0n) is 18.0. The zero-order chi connectivity index (χ0) is 21.4. The summed E-state index contributed by atoms with van der Waals surface area (Å²) in [7, 11) is 0. The Balaban J connectivity index is 1.39. The average Bonchev–Trinajstić information content (AvgIpc) is 3.16. The number of hydrogen-bond donors (Lipinski definition) is 1. The summed E-state index contributed by atoms with van der Waals surface area (Å²) in [5.74, 6) is 0.216. The van der Waals surface area contributed by atoms with E-state index in [1.807, 2.05) is 29.1 Å². The topological polar surface area (TPSA) is 38.0 Å². The second-order valence-electron chi connectivity index (χ2n) is 9.38. The summed E-state index contributed by atoms with van der Waals surface area (Å²) in [5, 5.41) is 15.5. The number of aliphatic hydroxyl groups excluding tert-OH is 1. The fourth-order valence-electron chi connectivity index (χ4n) is 5.61. The van der Waals surface area contributed by atoms with E-state index >= 15 is 0 Å². The molecule has 0 saturated heterocycles. The van der Waals surface area contributed by atoms with E-state index in [1.165, 1.54) is 28.8 Å². The summed E-state index contributed by atoms with van der Waals surface area (Å²) < 4.78 is 15.3. The van der Waals surface area contributed by atoms with E-state index in [1.54, 1.807) is 12.1 Å². The molecule has 1 heterocycles. The van der Waals surface area contributed by atoms with Gasteiger partial charge in [0.25, 0.3) is 0 Å². The van der Waals surface area contributed by atoms with Crippen LogP contribution in [0.2, 0.25) is 0 Å². The van der Waals surface area contributed by atoms with Crippen LogP contribution in [0.15, 0.2) is 66.4 Å². The largest absolute Gasteiger partial charge is 0.393 e. The molecular formula is C27H29FN2O. The molecule has 4 heteroatoms. The van der Waals surface area contributed by atoms with Gasteiger partial charge in [-0.05, 0) is 91.3 Å². The van der Waals surface area contributed by atoms with Crippen LogP contribution in [0.4, 0.5) is 4.39 Å². The van der Waals surface area contributed by atoms with Gasteiger partial charge in [0.1, 0.15) is 5.82 Å². The summed E-state index contributed by atoms with van der Waals surface area (Å²) in [6, 6.07) is 16.8. The van der Waals surface area contributed by atoms with Gasteiger partial charge in [0, 0.05) is 0 Å². The summed E-state index contributed by atoms with van der Waals surface area (Å²) >= 11 is 0. The highest BCUT2D eigenvalue weighted by Crippen LogP contribution is 2.52. The van der Waals surface area contributed by atoms with E-state index in [4.69, 9.17) is 0 Å². The number of aliphatic hydroxyl groups is 1. The van der Waals surface area contributed by atoms with Crippen molar-refractivity contribution < 1.29 is 9.50 Å². The van der Waals surface area contributed by atoms with Gasteiger partial charge in [0.15, 0.2) is 0 Å². The first-order chi connectivity index (χ1) is 15.0. The second kappa shape index (κ2) is 8.08. The zero-order valence-corrected chi connectivity index (χ0v) is 18.0. The number of rotatable bonds is 5. The Labute approximate surface area is 183 Å². The van der Waals surface area contributed by atoms with Gasteiger partial charge in [-0.2, -0.15) is 5.10 Å². The standard InChI is InChI=1S/C27H29FN2O/c1-27-17-20-18-29-30(24-12-10-23(28)11-13-24)26(20)16-22(27)9-5-8-21(27)15-25(31)14-19-6-3-2-4-7-19/h2-4,6-7,10-13,16,18,21,25,31H,5,8-9,14-15,17H2,1H3/t21-,25+,27-/m1/s1. The van der Waals surface area contributed by atoms with Gasteiger partial charge in [-0.25, -0.2) is 9.07 Å². The fourth-order valence-corrected chi connectivity index (χ4v) is 5.61. The molecule has 2 aromatic carbocycles. The van der Waals surface area contributed by atoms with E-state index in [2.05, 4.69) is 30.2 Å². The van der Waals surface area contributed by atoms with Crippen LogP contribution in [0.25, 0.3) is 11.8 Å². The van der Waals surface area contributed by atoms with Crippen LogP contribution >= 0.6 is 0 Å². The summed E-state index contributed by atoms with van der Waals surface area (Å²) in [4.78, 5) is 0. The molecule has 1 N–H and O–H groups in total. The molecule has 1 saturated carbocycles. The maximum Gasteiger partial charge on any atom is 0.123 e. The molecule has 1 aromatic heterocycles. The summed E-state index contributed by atoms with van der Waals surface area (Å²) in [6.45, 7) is 2.37. The molecule has 2 aliphatic carbocycles. The Hall–Kier alpha value is -2.72. The molecule has 0 amide bonds. The van der Waals surface area contributed by atoms with E-state index < -0.39 is 0 Å². The third-order valence-corrected chi connectivity index (χ3v) is 7.33. The van der Waals surface area contributed by atoms with Gasteiger partial charge < -0.3 is 5.11 Å². The molecule has 0 radical (unpaired) electrons. The Morgan fingerprint density at radius 1 is 1.16 bits per heavy atom. The van der Waals surface area contributed by atoms with Gasteiger partial charge in [-0.15, -0.1) is 0 Å². The lowest BCUT2D eigenvalue weighted by atomic mass is 9.58. The van der Waals surface area contributed by atoms with E-state index in [-0.39, 0.29) is 17.3 Å². The Kier molecular flexibility index (Phi) is 5.27. The number of benzene rings is 2. The van der Waals surface area contributed by atoms with Crippen molar-refractivity contribution in [2.24, 2.45) is 11.3 Å². The van der Waals surface area contributed by atoms with Crippen LogP contribution in [-0.2, 0) is 12.8 Å². The van der Waals surface area contributed by atoms with Crippen molar-refractivity contribution in [3.05, 3.63) is 89.0 Å². The summed E-state index contributed by atoms with van der Waals surface area (Å²) in [6.07, 6.45) is 9.82. The first-order valence-corrected chi connectivity index (χ1v) is 11.3. The molecule has 2 aliphatic rings. The number of halogens is 1. The van der Waals surface area contributed by atoms with Crippen LogP contribution < -0.4 is 0 Å². The van der Waals surface area contributed by atoms with Crippen molar-refractivity contribution in [3.63, 3.8) is 0 Å². The van der Waals surface area contributed by atoms with Crippen LogP contribution in [0, 0.1) is 17.2 Å². The minimum atomic E-state index is -0.327. The van der Waals surface area contributed by atoms with Crippen molar-refractivity contribution in [1.29, 1.82) is 0 Å². The smallest absolute Gasteiger partial charge is 0.123 e. The molecule has 1 fully saturated rings. The third-order valence-electron chi connectivity index (χ3n) is 7.33. The van der Waals surface area contributed by atoms with Crippen LogP contribution in [0.3, 0.4) is 0 Å². The van der Waals surface area contributed by atoms with Crippen molar-refractivity contribution in [2.75, 3.05) is 0 Å². The number of aromatic nitrogens is 2.